The topological polar surface area (TPSA) is 61.8 Å². The summed E-state index contributed by atoms with van der Waals surface area (Å²) in [5.74, 6) is 0. The van der Waals surface area contributed by atoms with E-state index < -0.39 is 12.6 Å². The zero-order chi connectivity index (χ0) is 29.9. The third kappa shape index (κ3) is 31.5. The molecule has 0 aliphatic heterocycles. The van der Waals surface area contributed by atoms with Gasteiger partial charge in [0, 0.05) is 12.8 Å². The summed E-state index contributed by atoms with van der Waals surface area (Å²) in [6, 6.07) is 0. The fourth-order valence-electron chi connectivity index (χ4n) is 4.68. The Balaban J connectivity index is 4.86. The van der Waals surface area contributed by atoms with E-state index in [9.17, 15) is 9.59 Å². The van der Waals surface area contributed by atoms with Crippen molar-refractivity contribution in [1.82, 2.24) is 0 Å². The Kier molecular flexibility index (Phi) is 33.8. The van der Waals surface area contributed by atoms with Crippen LogP contribution in [0.25, 0.3) is 0 Å². The van der Waals surface area contributed by atoms with Crippen LogP contribution >= 0.6 is 0 Å². The van der Waals surface area contributed by atoms with Gasteiger partial charge in [-0.15, -0.1) is 0 Å². The Morgan fingerprint density at radius 1 is 0.439 bits per heavy atom. The first-order chi connectivity index (χ1) is 20.3. The molecule has 0 heterocycles. The number of carbonyl (C=O) groups is 2. The molecule has 0 aromatic heterocycles. The first kappa shape index (κ1) is 39.7. The average molecular weight is 579 g/mol. The van der Waals surface area contributed by atoms with E-state index in [0.29, 0.717) is 26.1 Å². The Labute approximate surface area is 254 Å². The summed E-state index contributed by atoms with van der Waals surface area (Å²) < 4.78 is 18.8. The monoisotopic (exact) mass is 578 g/mol. The third-order valence-corrected chi connectivity index (χ3v) is 7.30. The Hall–Kier alpha value is -1.30. The van der Waals surface area contributed by atoms with Crippen LogP contribution in [0.3, 0.4) is 0 Å². The molecule has 0 radical (unpaired) electrons. The van der Waals surface area contributed by atoms with Crippen molar-refractivity contribution in [3.63, 3.8) is 0 Å². The molecule has 240 valence electrons. The summed E-state index contributed by atoms with van der Waals surface area (Å²) in [5.41, 5.74) is 0. The number of ether oxygens (including phenoxy) is 3. The van der Waals surface area contributed by atoms with E-state index in [0.717, 1.165) is 89.6 Å². The van der Waals surface area contributed by atoms with Crippen LogP contribution in [0.2, 0.25) is 0 Å². The van der Waals surface area contributed by atoms with E-state index in [1.54, 1.807) is 0 Å². The number of hydrogen-bond donors (Lipinski definition) is 0. The Bertz CT molecular complexity index is 539. The van der Waals surface area contributed by atoms with Crippen LogP contribution < -0.4 is 0 Å². The van der Waals surface area contributed by atoms with E-state index in [1.165, 1.54) is 64.2 Å². The molecule has 0 amide bonds. The maximum absolute atomic E-state index is 10.5. The highest BCUT2D eigenvalue weighted by molar-refractivity contribution is 5.49. The van der Waals surface area contributed by atoms with Crippen LogP contribution in [-0.4, -0.2) is 38.4 Å². The van der Waals surface area contributed by atoms with Crippen LogP contribution in [0, 0.1) is 0 Å². The van der Waals surface area contributed by atoms with Crippen LogP contribution in [0.1, 0.15) is 168 Å². The zero-order valence-corrected chi connectivity index (χ0v) is 27.0. The van der Waals surface area contributed by atoms with Gasteiger partial charge in [0.25, 0.3) is 0 Å². The van der Waals surface area contributed by atoms with Crippen LogP contribution in [-0.2, 0) is 23.8 Å². The molecule has 0 aliphatic carbocycles. The van der Waals surface area contributed by atoms with Gasteiger partial charge in [0.15, 0.2) is 12.6 Å². The lowest BCUT2D eigenvalue weighted by Crippen LogP contribution is -2.25. The van der Waals surface area contributed by atoms with Gasteiger partial charge in [0.2, 0.25) is 0 Å². The number of carbonyl (C=O) groups excluding carboxylic acids is 2. The van der Waals surface area contributed by atoms with Gasteiger partial charge in [-0.25, -0.2) is 0 Å². The van der Waals surface area contributed by atoms with Crippen LogP contribution in [0.15, 0.2) is 24.3 Å². The van der Waals surface area contributed by atoms with E-state index in [4.69, 9.17) is 14.2 Å². The smallest absolute Gasteiger partial charge is 0.180 e. The van der Waals surface area contributed by atoms with E-state index in [2.05, 4.69) is 38.2 Å². The summed E-state index contributed by atoms with van der Waals surface area (Å²) in [7, 11) is 0. The molecule has 5 nitrogen and oxygen atoms in total. The summed E-state index contributed by atoms with van der Waals surface area (Å²) in [4.78, 5) is 21.0. The molecule has 5 heteroatoms. The number of unbranched alkanes of at least 4 members (excludes halogenated alkanes) is 20. The fourth-order valence-corrected chi connectivity index (χ4v) is 4.68. The number of rotatable bonds is 34. The van der Waals surface area contributed by atoms with Gasteiger partial charge in [0.05, 0.1) is 13.2 Å². The van der Waals surface area contributed by atoms with Crippen molar-refractivity contribution in [1.29, 1.82) is 0 Å². The number of aldehydes is 2. The molecule has 2 atom stereocenters. The summed E-state index contributed by atoms with van der Waals surface area (Å²) in [6.07, 6.45) is 36.5. The fraction of sp³-hybridized carbons (Fsp3) is 0.833. The molecule has 41 heavy (non-hydrogen) atoms. The standard InChI is InChI=1S/C36H66O5/c1-3-5-7-9-21-27-33-39-35(29-23-17-13-11-15-19-25-31-37)41-36(40-34-28-22-10-8-6-4-2)30-24-18-14-12-16-20-26-32-38/h23-24,29-32,35-36H,3-22,25-28,33-34H2,1-2H3. The number of allylic oxidation sites excluding steroid dienone is 2. The summed E-state index contributed by atoms with van der Waals surface area (Å²) >= 11 is 0. The molecular weight excluding hydrogens is 512 g/mol. The van der Waals surface area contributed by atoms with Gasteiger partial charge in [-0.1, -0.05) is 116 Å². The predicted molar refractivity (Wildman–Crippen MR) is 173 cm³/mol. The molecular formula is C36H66O5. The van der Waals surface area contributed by atoms with Crippen molar-refractivity contribution in [3.05, 3.63) is 24.3 Å². The molecule has 0 rings (SSSR count). The lowest BCUT2D eigenvalue weighted by atomic mass is 10.1. The van der Waals surface area contributed by atoms with Crippen LogP contribution in [0.5, 0.6) is 0 Å². The zero-order valence-electron chi connectivity index (χ0n) is 27.0. The highest BCUT2D eigenvalue weighted by Gasteiger charge is 2.13. The second-order valence-corrected chi connectivity index (χ2v) is 11.3. The minimum Gasteiger partial charge on any atom is -0.349 e. The second-order valence-electron chi connectivity index (χ2n) is 11.3. The minimum atomic E-state index is -0.414. The van der Waals surface area contributed by atoms with Crippen molar-refractivity contribution >= 4 is 12.6 Å². The van der Waals surface area contributed by atoms with E-state index in [1.807, 2.05) is 0 Å². The van der Waals surface area contributed by atoms with Gasteiger partial charge < -0.3 is 23.8 Å². The molecule has 0 spiro atoms. The lowest BCUT2D eigenvalue weighted by molar-refractivity contribution is -0.208. The minimum absolute atomic E-state index is 0.414. The van der Waals surface area contributed by atoms with Gasteiger partial charge in [0.1, 0.15) is 12.6 Å². The molecule has 0 saturated carbocycles. The summed E-state index contributed by atoms with van der Waals surface area (Å²) in [5, 5.41) is 0. The second kappa shape index (κ2) is 34.9. The third-order valence-electron chi connectivity index (χ3n) is 7.30. The van der Waals surface area contributed by atoms with E-state index >= 15 is 0 Å². The largest absolute Gasteiger partial charge is 0.349 e. The molecule has 0 aromatic carbocycles. The molecule has 0 fully saturated rings. The molecule has 0 bridgehead atoms. The highest BCUT2D eigenvalue weighted by atomic mass is 16.8. The maximum atomic E-state index is 10.5. The molecule has 2 unspecified atom stereocenters. The van der Waals surface area contributed by atoms with Gasteiger partial charge >= 0.3 is 0 Å². The molecule has 0 aromatic rings. The molecule has 0 saturated heterocycles. The van der Waals surface area contributed by atoms with Gasteiger partial charge in [-0.05, 0) is 63.5 Å². The Morgan fingerprint density at radius 3 is 1.17 bits per heavy atom. The highest BCUT2D eigenvalue weighted by Crippen LogP contribution is 2.14. The van der Waals surface area contributed by atoms with Crippen molar-refractivity contribution < 1.29 is 23.8 Å². The van der Waals surface area contributed by atoms with Crippen molar-refractivity contribution in [2.75, 3.05) is 13.2 Å². The van der Waals surface area contributed by atoms with Crippen molar-refractivity contribution in [3.8, 4) is 0 Å². The van der Waals surface area contributed by atoms with Crippen molar-refractivity contribution in [2.45, 2.75) is 181 Å². The Morgan fingerprint density at radius 2 is 0.780 bits per heavy atom. The maximum Gasteiger partial charge on any atom is 0.180 e. The van der Waals surface area contributed by atoms with Gasteiger partial charge in [-0.3, -0.25) is 0 Å². The van der Waals surface area contributed by atoms with Crippen molar-refractivity contribution in [2.24, 2.45) is 0 Å². The average Bonchev–Trinajstić information content (AvgIpc) is 2.98. The first-order valence-corrected chi connectivity index (χ1v) is 17.4. The summed E-state index contributed by atoms with van der Waals surface area (Å²) in [6.45, 7) is 5.89. The lowest BCUT2D eigenvalue weighted by Gasteiger charge is -2.22. The predicted octanol–water partition coefficient (Wildman–Crippen LogP) is 10.6. The van der Waals surface area contributed by atoms with E-state index in [-0.39, 0.29) is 0 Å². The first-order valence-electron chi connectivity index (χ1n) is 17.4. The quantitative estimate of drug-likeness (QED) is 0.0329. The van der Waals surface area contributed by atoms with Crippen LogP contribution in [0.4, 0.5) is 0 Å². The van der Waals surface area contributed by atoms with Gasteiger partial charge in [-0.2, -0.15) is 0 Å². The normalized spacial score (nSPS) is 13.3. The molecule has 0 N–H and O–H groups in total. The molecule has 0 aliphatic rings. The number of hydrogen-bond acceptors (Lipinski definition) is 5. The SMILES string of the molecule is CCCCCCCCOC(C=CCCCCCCC=O)OC(C=CCCCCCCC=O)OCCCCCCCC.